The average molecular weight is 499 g/mol. The van der Waals surface area contributed by atoms with Crippen molar-refractivity contribution < 1.29 is 27.6 Å². The largest absolute Gasteiger partial charge is 0.346 e. The molecule has 188 valence electrons. The third-order valence-corrected chi connectivity index (χ3v) is 5.47. The normalized spacial score (nSPS) is 11.6. The Labute approximate surface area is 206 Å². The minimum Gasteiger partial charge on any atom is -0.346 e. The van der Waals surface area contributed by atoms with Crippen molar-refractivity contribution in [2.45, 2.75) is 13.0 Å². The van der Waals surface area contributed by atoms with E-state index in [2.05, 4.69) is 16.0 Å². The Morgan fingerprint density at radius 3 is 2.31 bits per heavy atom. The number of hydrogen-bond donors (Lipinski definition) is 3. The van der Waals surface area contributed by atoms with Crippen LogP contribution in [0.1, 0.15) is 28.9 Å². The first-order valence-electron chi connectivity index (χ1n) is 11.0. The van der Waals surface area contributed by atoms with E-state index < -0.39 is 41.5 Å². The van der Waals surface area contributed by atoms with Crippen LogP contribution in [-0.4, -0.2) is 42.8 Å². The Bertz CT molecular complexity index is 1250. The third kappa shape index (κ3) is 6.92. The van der Waals surface area contributed by atoms with E-state index in [1.807, 2.05) is 25.1 Å². The summed E-state index contributed by atoms with van der Waals surface area (Å²) in [4.78, 5) is 38.4. The number of carbonyl (C=O) groups excluding carboxylic acids is 3. The predicted octanol–water partition coefficient (Wildman–Crippen LogP) is 4.10. The van der Waals surface area contributed by atoms with Crippen LogP contribution in [0.15, 0.2) is 66.7 Å². The van der Waals surface area contributed by atoms with Crippen molar-refractivity contribution >= 4 is 29.1 Å². The summed E-state index contributed by atoms with van der Waals surface area (Å²) in [6, 6.07) is 17.4. The monoisotopic (exact) mass is 498 g/mol. The second-order valence-corrected chi connectivity index (χ2v) is 8.08. The molecule has 0 saturated carbocycles. The van der Waals surface area contributed by atoms with Crippen LogP contribution in [0.25, 0.3) is 0 Å². The molecule has 3 amide bonds. The molecule has 0 spiro atoms. The quantitative estimate of drug-likeness (QED) is 0.388. The summed E-state index contributed by atoms with van der Waals surface area (Å²) in [6.45, 7) is 1.33. The molecule has 1 atom stereocenters. The predicted molar refractivity (Wildman–Crippen MR) is 130 cm³/mol. The van der Waals surface area contributed by atoms with Crippen LogP contribution in [-0.2, 0) is 9.59 Å². The molecule has 3 N–H and O–H groups in total. The number of nitrogens with zero attached hydrogens (tertiary/aromatic N) is 1. The van der Waals surface area contributed by atoms with Gasteiger partial charge >= 0.3 is 0 Å². The van der Waals surface area contributed by atoms with Gasteiger partial charge in [0, 0.05) is 17.3 Å². The molecule has 0 fully saturated rings. The SMILES string of the molecule is C[C@H](c1cccc(NC(=O)c2ccccc2)c1)N(C)CC(=O)NCC(=O)Nc1ccc(F)c(F)c1F. The van der Waals surface area contributed by atoms with Crippen LogP contribution in [0.4, 0.5) is 24.5 Å². The molecule has 0 saturated heterocycles. The summed E-state index contributed by atoms with van der Waals surface area (Å²) in [6.07, 6.45) is 0. The van der Waals surface area contributed by atoms with E-state index in [1.54, 1.807) is 48.3 Å². The van der Waals surface area contributed by atoms with Gasteiger partial charge in [-0.05, 0) is 55.9 Å². The smallest absolute Gasteiger partial charge is 0.255 e. The highest BCUT2D eigenvalue weighted by Crippen LogP contribution is 2.22. The molecule has 0 aliphatic rings. The summed E-state index contributed by atoms with van der Waals surface area (Å²) < 4.78 is 40.0. The molecule has 0 radical (unpaired) electrons. The Morgan fingerprint density at radius 2 is 1.58 bits per heavy atom. The number of likely N-dealkylation sites (N-methyl/N-ethyl adjacent to an activating group) is 1. The van der Waals surface area contributed by atoms with Crippen molar-refractivity contribution in [3.63, 3.8) is 0 Å². The molecule has 0 aliphatic carbocycles. The van der Waals surface area contributed by atoms with E-state index in [4.69, 9.17) is 0 Å². The number of halogens is 3. The molecule has 0 aliphatic heterocycles. The Balaban J connectivity index is 1.51. The van der Waals surface area contributed by atoms with Gasteiger partial charge in [-0.3, -0.25) is 19.3 Å². The average Bonchev–Trinajstić information content (AvgIpc) is 2.88. The molecule has 3 aromatic carbocycles. The molecule has 0 bridgehead atoms. The number of amides is 3. The highest BCUT2D eigenvalue weighted by atomic mass is 19.2. The van der Waals surface area contributed by atoms with Crippen LogP contribution >= 0.6 is 0 Å². The molecular formula is C26H25F3N4O3. The summed E-state index contributed by atoms with van der Waals surface area (Å²) in [5, 5.41) is 7.33. The highest BCUT2D eigenvalue weighted by molar-refractivity contribution is 6.04. The van der Waals surface area contributed by atoms with Crippen molar-refractivity contribution in [3.8, 4) is 0 Å². The van der Waals surface area contributed by atoms with Gasteiger partial charge in [0.2, 0.25) is 11.8 Å². The number of benzene rings is 3. The molecular weight excluding hydrogens is 473 g/mol. The van der Waals surface area contributed by atoms with Crippen molar-refractivity contribution in [1.82, 2.24) is 10.2 Å². The van der Waals surface area contributed by atoms with Gasteiger partial charge in [-0.15, -0.1) is 0 Å². The standard InChI is InChI=1S/C26H25F3N4O3/c1-16(18-9-6-10-19(13-18)31-26(36)17-7-4-3-5-8-17)33(2)15-23(35)30-14-22(34)32-21-12-11-20(27)24(28)25(21)29/h3-13,16H,14-15H2,1-2H3,(H,30,35)(H,31,36)(H,32,34)/t16-/m1/s1. The van der Waals surface area contributed by atoms with Crippen LogP contribution < -0.4 is 16.0 Å². The summed E-state index contributed by atoms with van der Waals surface area (Å²) in [5.74, 6) is -6.11. The Hall–Kier alpha value is -4.18. The van der Waals surface area contributed by atoms with Gasteiger partial charge in [-0.2, -0.15) is 0 Å². The number of carbonyl (C=O) groups is 3. The van der Waals surface area contributed by atoms with Gasteiger partial charge in [-0.1, -0.05) is 30.3 Å². The minimum absolute atomic E-state index is 0.0609. The van der Waals surface area contributed by atoms with Crippen LogP contribution in [0.3, 0.4) is 0 Å². The lowest BCUT2D eigenvalue weighted by atomic mass is 10.1. The van der Waals surface area contributed by atoms with Gasteiger partial charge in [0.05, 0.1) is 18.8 Å². The maximum atomic E-state index is 13.7. The van der Waals surface area contributed by atoms with E-state index >= 15 is 0 Å². The fourth-order valence-electron chi connectivity index (χ4n) is 3.34. The Morgan fingerprint density at radius 1 is 0.861 bits per heavy atom. The lowest BCUT2D eigenvalue weighted by Crippen LogP contribution is -2.40. The van der Waals surface area contributed by atoms with Crippen molar-refractivity contribution in [2.75, 3.05) is 30.8 Å². The van der Waals surface area contributed by atoms with E-state index in [9.17, 15) is 27.6 Å². The molecule has 0 unspecified atom stereocenters. The van der Waals surface area contributed by atoms with Crippen LogP contribution in [0.5, 0.6) is 0 Å². The molecule has 3 aromatic rings. The molecule has 0 heterocycles. The number of anilines is 2. The van der Waals surface area contributed by atoms with Crippen molar-refractivity contribution in [1.29, 1.82) is 0 Å². The number of rotatable bonds is 9. The number of hydrogen-bond acceptors (Lipinski definition) is 4. The van der Waals surface area contributed by atoms with Gasteiger partial charge in [0.25, 0.3) is 5.91 Å². The zero-order valence-electron chi connectivity index (χ0n) is 19.6. The molecule has 7 nitrogen and oxygen atoms in total. The minimum atomic E-state index is -1.70. The van der Waals surface area contributed by atoms with Crippen molar-refractivity contribution in [3.05, 3.63) is 95.3 Å². The third-order valence-electron chi connectivity index (χ3n) is 5.47. The maximum Gasteiger partial charge on any atom is 0.255 e. The summed E-state index contributed by atoms with van der Waals surface area (Å²) >= 11 is 0. The first-order valence-corrected chi connectivity index (χ1v) is 11.0. The van der Waals surface area contributed by atoms with E-state index in [1.165, 1.54) is 0 Å². The molecule has 3 rings (SSSR count). The van der Waals surface area contributed by atoms with Crippen LogP contribution in [0, 0.1) is 17.5 Å². The lowest BCUT2D eigenvalue weighted by Gasteiger charge is -2.25. The van der Waals surface area contributed by atoms with Gasteiger partial charge in [0.15, 0.2) is 17.5 Å². The van der Waals surface area contributed by atoms with Gasteiger partial charge in [0.1, 0.15) is 0 Å². The topological polar surface area (TPSA) is 90.5 Å². The summed E-state index contributed by atoms with van der Waals surface area (Å²) in [5.41, 5.74) is 1.45. The van der Waals surface area contributed by atoms with Gasteiger partial charge < -0.3 is 16.0 Å². The number of nitrogens with one attached hydrogen (secondary N) is 3. The highest BCUT2D eigenvalue weighted by Gasteiger charge is 2.18. The zero-order chi connectivity index (χ0) is 26.2. The second-order valence-electron chi connectivity index (χ2n) is 8.08. The molecule has 10 heteroatoms. The Kier molecular flexibility index (Phi) is 8.80. The maximum absolute atomic E-state index is 13.7. The molecule has 0 aromatic heterocycles. The van der Waals surface area contributed by atoms with E-state index in [-0.39, 0.29) is 18.5 Å². The summed E-state index contributed by atoms with van der Waals surface area (Å²) in [7, 11) is 1.72. The second kappa shape index (κ2) is 12.0. The van der Waals surface area contributed by atoms with E-state index in [0.29, 0.717) is 17.3 Å². The lowest BCUT2D eigenvalue weighted by molar-refractivity contribution is -0.125. The fourth-order valence-corrected chi connectivity index (χ4v) is 3.34. The first kappa shape index (κ1) is 26.4. The zero-order valence-corrected chi connectivity index (χ0v) is 19.6. The first-order chi connectivity index (χ1) is 17.2. The van der Waals surface area contributed by atoms with Crippen molar-refractivity contribution in [2.24, 2.45) is 0 Å². The fraction of sp³-hybridized carbons (Fsp3) is 0.192. The molecule has 36 heavy (non-hydrogen) atoms. The van der Waals surface area contributed by atoms with E-state index in [0.717, 1.165) is 11.6 Å². The van der Waals surface area contributed by atoms with Crippen LogP contribution in [0.2, 0.25) is 0 Å². The van der Waals surface area contributed by atoms with Gasteiger partial charge in [-0.25, -0.2) is 13.2 Å².